The molecule has 2 aromatic rings. The zero-order chi connectivity index (χ0) is 18.9. The smallest absolute Gasteiger partial charge is 0.342 e. The third-order valence-electron chi connectivity index (χ3n) is 3.59. The normalized spacial score (nSPS) is 9.96. The Balaban J connectivity index is 1.87. The van der Waals surface area contributed by atoms with Crippen molar-refractivity contribution in [2.24, 2.45) is 0 Å². The second-order valence-corrected chi connectivity index (χ2v) is 5.27. The molecule has 1 N–H and O–H groups in total. The lowest BCUT2D eigenvalue weighted by molar-refractivity contribution is -0.124. The van der Waals surface area contributed by atoms with Gasteiger partial charge in [0.2, 0.25) is 0 Å². The number of hydrogen-bond donors (Lipinski definition) is 1. The molecule has 2 rings (SSSR count). The summed E-state index contributed by atoms with van der Waals surface area (Å²) < 4.78 is 20.4. The summed E-state index contributed by atoms with van der Waals surface area (Å²) in [5, 5.41) is 2.68. The summed E-state index contributed by atoms with van der Waals surface area (Å²) in [4.78, 5) is 24.0. The van der Waals surface area contributed by atoms with Gasteiger partial charge in [-0.2, -0.15) is 0 Å². The SMILES string of the molecule is COc1cccc(CNC(=O)COC(=O)c2ccc(OC)cc2OC)c1. The summed E-state index contributed by atoms with van der Waals surface area (Å²) in [5.74, 6) is 0.505. The van der Waals surface area contributed by atoms with E-state index >= 15 is 0 Å². The van der Waals surface area contributed by atoms with Crippen LogP contribution in [0.25, 0.3) is 0 Å². The molecule has 0 heterocycles. The number of nitrogens with one attached hydrogen (secondary N) is 1. The van der Waals surface area contributed by atoms with E-state index < -0.39 is 18.5 Å². The van der Waals surface area contributed by atoms with E-state index in [1.165, 1.54) is 20.3 Å². The summed E-state index contributed by atoms with van der Waals surface area (Å²) in [5.41, 5.74) is 1.09. The molecule has 0 atom stereocenters. The number of rotatable bonds is 8. The quantitative estimate of drug-likeness (QED) is 0.728. The standard InChI is InChI=1S/C19H21NO6/c1-23-14-6-4-5-13(9-14)11-20-18(21)12-26-19(22)16-8-7-15(24-2)10-17(16)25-3/h4-10H,11-12H2,1-3H3,(H,20,21). The molecule has 138 valence electrons. The maximum atomic E-state index is 12.1. The molecule has 2 aromatic carbocycles. The number of hydrogen-bond acceptors (Lipinski definition) is 6. The lowest BCUT2D eigenvalue weighted by atomic mass is 10.2. The summed E-state index contributed by atoms with van der Waals surface area (Å²) >= 11 is 0. The number of carbonyl (C=O) groups is 2. The minimum atomic E-state index is -0.652. The van der Waals surface area contributed by atoms with Crippen LogP contribution in [0.4, 0.5) is 0 Å². The molecule has 0 fully saturated rings. The Hall–Kier alpha value is -3.22. The summed E-state index contributed by atoms with van der Waals surface area (Å²) in [6.07, 6.45) is 0. The van der Waals surface area contributed by atoms with Crippen molar-refractivity contribution >= 4 is 11.9 Å². The van der Waals surface area contributed by atoms with E-state index in [0.29, 0.717) is 23.8 Å². The Morgan fingerprint density at radius 3 is 2.35 bits per heavy atom. The van der Waals surface area contributed by atoms with Crippen LogP contribution in [0.3, 0.4) is 0 Å². The molecule has 0 saturated carbocycles. The average molecular weight is 359 g/mol. The highest BCUT2D eigenvalue weighted by Gasteiger charge is 2.16. The van der Waals surface area contributed by atoms with E-state index in [9.17, 15) is 9.59 Å². The largest absolute Gasteiger partial charge is 0.497 e. The summed E-state index contributed by atoms with van der Waals surface area (Å²) in [7, 11) is 4.52. The van der Waals surface area contributed by atoms with Gasteiger partial charge in [-0.15, -0.1) is 0 Å². The topological polar surface area (TPSA) is 83.1 Å². The highest BCUT2D eigenvalue weighted by Crippen LogP contribution is 2.25. The van der Waals surface area contributed by atoms with E-state index in [-0.39, 0.29) is 5.56 Å². The van der Waals surface area contributed by atoms with Crippen LogP contribution in [0.15, 0.2) is 42.5 Å². The van der Waals surface area contributed by atoms with Crippen LogP contribution in [-0.2, 0) is 16.1 Å². The first kappa shape index (κ1) is 19.1. The molecule has 7 heteroatoms. The Morgan fingerprint density at radius 2 is 1.65 bits per heavy atom. The molecule has 0 spiro atoms. The van der Waals surface area contributed by atoms with Gasteiger partial charge < -0.3 is 24.3 Å². The van der Waals surface area contributed by atoms with Gasteiger partial charge in [0.05, 0.1) is 21.3 Å². The van der Waals surface area contributed by atoms with Crippen molar-refractivity contribution in [1.82, 2.24) is 5.32 Å². The number of ether oxygens (including phenoxy) is 4. The molecule has 0 radical (unpaired) electrons. The minimum Gasteiger partial charge on any atom is -0.497 e. The van der Waals surface area contributed by atoms with Crippen molar-refractivity contribution < 1.29 is 28.5 Å². The number of methoxy groups -OCH3 is 3. The predicted molar refractivity (Wildman–Crippen MR) is 94.7 cm³/mol. The minimum absolute atomic E-state index is 0.217. The number of carbonyl (C=O) groups excluding carboxylic acids is 2. The number of esters is 1. The van der Waals surface area contributed by atoms with Gasteiger partial charge >= 0.3 is 5.97 Å². The molecule has 0 saturated heterocycles. The first-order chi connectivity index (χ1) is 12.6. The highest BCUT2D eigenvalue weighted by molar-refractivity contribution is 5.94. The van der Waals surface area contributed by atoms with Crippen molar-refractivity contribution in [3.05, 3.63) is 53.6 Å². The van der Waals surface area contributed by atoms with Gasteiger partial charge in [-0.3, -0.25) is 4.79 Å². The van der Waals surface area contributed by atoms with E-state index in [1.807, 2.05) is 24.3 Å². The molecule has 0 aliphatic heterocycles. The first-order valence-corrected chi connectivity index (χ1v) is 7.86. The van der Waals surface area contributed by atoms with Crippen LogP contribution >= 0.6 is 0 Å². The number of amides is 1. The van der Waals surface area contributed by atoms with E-state index in [1.54, 1.807) is 19.2 Å². The second kappa shape index (κ2) is 9.31. The molecule has 7 nitrogen and oxygen atoms in total. The average Bonchev–Trinajstić information content (AvgIpc) is 2.69. The third kappa shape index (κ3) is 5.14. The Labute approximate surface area is 151 Å². The van der Waals surface area contributed by atoms with E-state index in [2.05, 4.69) is 5.32 Å². The number of benzene rings is 2. The Bertz CT molecular complexity index is 774. The first-order valence-electron chi connectivity index (χ1n) is 7.86. The van der Waals surface area contributed by atoms with Gasteiger partial charge in [0.15, 0.2) is 6.61 Å². The third-order valence-corrected chi connectivity index (χ3v) is 3.59. The molecule has 26 heavy (non-hydrogen) atoms. The lowest BCUT2D eigenvalue weighted by Gasteiger charge is -2.11. The van der Waals surface area contributed by atoms with Crippen LogP contribution in [0.2, 0.25) is 0 Å². The van der Waals surface area contributed by atoms with Gasteiger partial charge in [0, 0.05) is 12.6 Å². The molecular formula is C19H21NO6. The maximum Gasteiger partial charge on any atom is 0.342 e. The van der Waals surface area contributed by atoms with Crippen molar-refractivity contribution in [3.63, 3.8) is 0 Å². The van der Waals surface area contributed by atoms with Gasteiger partial charge in [-0.05, 0) is 29.8 Å². The zero-order valence-electron chi connectivity index (χ0n) is 14.9. The fourth-order valence-electron chi connectivity index (χ4n) is 2.21. The van der Waals surface area contributed by atoms with Gasteiger partial charge in [-0.25, -0.2) is 4.79 Å². The molecule has 0 unspecified atom stereocenters. The molecule has 0 aliphatic carbocycles. The maximum absolute atomic E-state index is 12.1. The van der Waals surface area contributed by atoms with Crippen molar-refractivity contribution in [3.8, 4) is 17.2 Å². The monoisotopic (exact) mass is 359 g/mol. The van der Waals surface area contributed by atoms with Gasteiger partial charge in [0.25, 0.3) is 5.91 Å². The highest BCUT2D eigenvalue weighted by atomic mass is 16.5. The molecular weight excluding hydrogens is 338 g/mol. The van der Waals surface area contributed by atoms with Crippen molar-refractivity contribution in [2.75, 3.05) is 27.9 Å². The van der Waals surface area contributed by atoms with E-state index in [4.69, 9.17) is 18.9 Å². The van der Waals surface area contributed by atoms with Crippen LogP contribution in [0, 0.1) is 0 Å². The lowest BCUT2D eigenvalue weighted by Crippen LogP contribution is -2.28. The Morgan fingerprint density at radius 1 is 0.923 bits per heavy atom. The predicted octanol–water partition coefficient (Wildman–Crippen LogP) is 2.19. The summed E-state index contributed by atoms with van der Waals surface area (Å²) in [6.45, 7) is -0.0859. The fraction of sp³-hybridized carbons (Fsp3) is 0.263. The van der Waals surface area contributed by atoms with Crippen LogP contribution in [-0.4, -0.2) is 39.8 Å². The molecule has 0 aliphatic rings. The van der Waals surface area contributed by atoms with Crippen molar-refractivity contribution in [1.29, 1.82) is 0 Å². The molecule has 0 aromatic heterocycles. The van der Waals surface area contributed by atoms with E-state index in [0.717, 1.165) is 5.56 Å². The molecule has 0 bridgehead atoms. The fourth-order valence-corrected chi connectivity index (χ4v) is 2.21. The Kier molecular flexibility index (Phi) is 6.84. The molecule has 1 amide bonds. The van der Waals surface area contributed by atoms with Crippen molar-refractivity contribution in [2.45, 2.75) is 6.54 Å². The van der Waals surface area contributed by atoms with Gasteiger partial charge in [0.1, 0.15) is 22.8 Å². The van der Waals surface area contributed by atoms with Crippen LogP contribution in [0.1, 0.15) is 15.9 Å². The zero-order valence-corrected chi connectivity index (χ0v) is 14.9. The second-order valence-electron chi connectivity index (χ2n) is 5.27. The van der Waals surface area contributed by atoms with Gasteiger partial charge in [-0.1, -0.05) is 12.1 Å². The van der Waals surface area contributed by atoms with Crippen LogP contribution in [0.5, 0.6) is 17.2 Å². The van der Waals surface area contributed by atoms with Crippen LogP contribution < -0.4 is 19.5 Å². The summed E-state index contributed by atoms with van der Waals surface area (Å²) in [6, 6.07) is 12.0.